The van der Waals surface area contributed by atoms with Gasteiger partial charge in [-0.1, -0.05) is 18.2 Å². The number of nitrogens with two attached hydrogens (primary N) is 1. The van der Waals surface area contributed by atoms with Crippen molar-refractivity contribution in [2.75, 3.05) is 12.0 Å². The van der Waals surface area contributed by atoms with Gasteiger partial charge in [0.1, 0.15) is 17.2 Å². The van der Waals surface area contributed by atoms with E-state index in [1.165, 1.54) is 18.1 Å². The molecule has 0 spiro atoms. The summed E-state index contributed by atoms with van der Waals surface area (Å²) in [5.74, 6) is 0.464. The molecule has 6 heteroatoms. The Kier molecular flexibility index (Phi) is 2.64. The Balaban J connectivity index is 2.35. The molecule has 3 aromatic rings. The molecule has 0 aliphatic carbocycles. The molecule has 3 rings (SSSR count). The smallest absolute Gasteiger partial charge is 0.169 e. The lowest BCUT2D eigenvalue weighted by Gasteiger charge is -2.01. The minimum atomic E-state index is 0.464. The first-order valence-electron chi connectivity index (χ1n) is 5.40. The molecule has 0 aliphatic heterocycles. The molecule has 0 bridgehead atoms. The molecule has 0 fully saturated rings. The maximum absolute atomic E-state index is 5.91. The number of rotatable bonds is 2. The van der Waals surface area contributed by atoms with E-state index in [9.17, 15) is 0 Å². The Morgan fingerprint density at radius 3 is 2.67 bits per heavy atom. The van der Waals surface area contributed by atoms with E-state index in [1.54, 1.807) is 4.68 Å². The monoisotopic (exact) mass is 257 g/mol. The third-order valence-corrected chi connectivity index (χ3v) is 3.33. The number of hydrogen-bond donors (Lipinski definition) is 1. The van der Waals surface area contributed by atoms with Crippen LogP contribution in [0.1, 0.15) is 0 Å². The van der Waals surface area contributed by atoms with Crippen LogP contribution in [0.2, 0.25) is 0 Å². The lowest BCUT2D eigenvalue weighted by atomic mass is 10.3. The van der Waals surface area contributed by atoms with Crippen LogP contribution in [-0.2, 0) is 0 Å². The zero-order valence-corrected chi connectivity index (χ0v) is 10.6. The topological polar surface area (TPSA) is 69.6 Å². The predicted molar refractivity (Wildman–Crippen MR) is 72.9 cm³/mol. The summed E-state index contributed by atoms with van der Waals surface area (Å²) in [6, 6.07) is 9.86. The van der Waals surface area contributed by atoms with Gasteiger partial charge in [-0.25, -0.2) is 14.6 Å². The Bertz CT molecular complexity index is 692. The fraction of sp³-hybridized carbons (Fsp3) is 0.0833. The summed E-state index contributed by atoms with van der Waals surface area (Å²) >= 11 is 1.54. The van der Waals surface area contributed by atoms with Crippen LogP contribution in [0, 0.1) is 0 Å². The molecule has 2 N–H and O–H groups in total. The lowest BCUT2D eigenvalue weighted by molar-refractivity contribution is 0.852. The lowest BCUT2D eigenvalue weighted by Crippen LogP contribution is -1.98. The molecule has 1 aromatic carbocycles. The summed E-state index contributed by atoms with van der Waals surface area (Å²) in [6.45, 7) is 0. The van der Waals surface area contributed by atoms with E-state index < -0.39 is 0 Å². The van der Waals surface area contributed by atoms with E-state index in [0.29, 0.717) is 5.82 Å². The van der Waals surface area contributed by atoms with Crippen molar-refractivity contribution in [3.8, 4) is 5.69 Å². The van der Waals surface area contributed by atoms with Gasteiger partial charge in [0, 0.05) is 0 Å². The van der Waals surface area contributed by atoms with Gasteiger partial charge in [-0.05, 0) is 18.4 Å². The minimum absolute atomic E-state index is 0.464. The van der Waals surface area contributed by atoms with Crippen LogP contribution < -0.4 is 5.73 Å². The van der Waals surface area contributed by atoms with Crippen molar-refractivity contribution in [1.29, 1.82) is 0 Å². The van der Waals surface area contributed by atoms with Crippen molar-refractivity contribution in [2.45, 2.75) is 5.03 Å². The predicted octanol–water partition coefficient (Wildman–Crippen LogP) is 2.12. The molecule has 0 aliphatic rings. The summed E-state index contributed by atoms with van der Waals surface area (Å²) < 4.78 is 1.79. The van der Waals surface area contributed by atoms with Gasteiger partial charge in [-0.2, -0.15) is 5.10 Å². The van der Waals surface area contributed by atoms with E-state index in [4.69, 9.17) is 5.73 Å². The Morgan fingerprint density at radius 1 is 1.17 bits per heavy atom. The molecule has 0 saturated heterocycles. The largest absolute Gasteiger partial charge is 0.383 e. The van der Waals surface area contributed by atoms with Gasteiger partial charge in [0.25, 0.3) is 0 Å². The van der Waals surface area contributed by atoms with Crippen molar-refractivity contribution in [3.05, 3.63) is 36.7 Å². The maximum atomic E-state index is 5.91. The molecule has 90 valence electrons. The number of thioether (sulfide) groups is 1. The number of hydrogen-bond acceptors (Lipinski definition) is 5. The summed E-state index contributed by atoms with van der Waals surface area (Å²) in [4.78, 5) is 8.31. The van der Waals surface area contributed by atoms with Crippen molar-refractivity contribution >= 4 is 28.6 Å². The van der Waals surface area contributed by atoms with E-state index >= 15 is 0 Å². The van der Waals surface area contributed by atoms with Gasteiger partial charge >= 0.3 is 0 Å². The fourth-order valence-corrected chi connectivity index (χ4v) is 2.40. The van der Waals surface area contributed by atoms with Gasteiger partial charge in [0.15, 0.2) is 5.65 Å². The highest BCUT2D eigenvalue weighted by Crippen LogP contribution is 2.29. The number of anilines is 1. The summed E-state index contributed by atoms with van der Waals surface area (Å²) in [5, 5.41) is 6.19. The highest BCUT2D eigenvalue weighted by Gasteiger charge is 2.15. The molecule has 2 heterocycles. The summed E-state index contributed by atoms with van der Waals surface area (Å²) in [5.41, 5.74) is 7.60. The molecule has 0 saturated carbocycles. The highest BCUT2D eigenvalue weighted by molar-refractivity contribution is 7.98. The summed E-state index contributed by atoms with van der Waals surface area (Å²) in [6.07, 6.45) is 3.42. The third kappa shape index (κ3) is 1.62. The van der Waals surface area contributed by atoms with Gasteiger partial charge in [0.05, 0.1) is 11.1 Å². The average Bonchev–Trinajstić information content (AvgIpc) is 2.80. The van der Waals surface area contributed by atoms with Crippen molar-refractivity contribution < 1.29 is 0 Å². The molecular formula is C12H11N5S. The second kappa shape index (κ2) is 4.30. The molecule has 0 unspecified atom stereocenters. The number of fused-ring (bicyclic) bond motifs is 1. The van der Waals surface area contributed by atoms with Crippen LogP contribution in [0.25, 0.3) is 16.7 Å². The molecule has 0 amide bonds. The second-order valence-corrected chi connectivity index (χ2v) is 4.51. The first-order chi connectivity index (χ1) is 8.81. The van der Waals surface area contributed by atoms with E-state index in [-0.39, 0.29) is 0 Å². The van der Waals surface area contributed by atoms with Crippen molar-refractivity contribution in [1.82, 2.24) is 19.7 Å². The molecule has 2 aromatic heterocycles. The number of para-hydroxylation sites is 1. The first kappa shape index (κ1) is 11.0. The minimum Gasteiger partial charge on any atom is -0.383 e. The molecule has 0 radical (unpaired) electrons. The molecule has 5 nitrogen and oxygen atoms in total. The normalized spacial score (nSPS) is 10.9. The van der Waals surface area contributed by atoms with Gasteiger partial charge in [0.2, 0.25) is 0 Å². The molecule has 0 atom stereocenters. The summed E-state index contributed by atoms with van der Waals surface area (Å²) in [7, 11) is 0. The van der Waals surface area contributed by atoms with Crippen LogP contribution in [0.3, 0.4) is 0 Å². The van der Waals surface area contributed by atoms with Crippen LogP contribution >= 0.6 is 11.8 Å². The van der Waals surface area contributed by atoms with E-state index in [2.05, 4.69) is 15.1 Å². The number of benzene rings is 1. The zero-order valence-electron chi connectivity index (χ0n) is 9.74. The van der Waals surface area contributed by atoms with Gasteiger partial charge in [-0.15, -0.1) is 11.8 Å². The molecule has 18 heavy (non-hydrogen) atoms. The van der Waals surface area contributed by atoms with Crippen LogP contribution in [0.5, 0.6) is 0 Å². The van der Waals surface area contributed by atoms with Crippen LogP contribution in [0.15, 0.2) is 41.7 Å². The third-order valence-electron chi connectivity index (χ3n) is 2.66. The Labute approximate surface area is 108 Å². The number of nitrogens with zero attached hydrogens (tertiary/aromatic N) is 4. The van der Waals surface area contributed by atoms with Crippen LogP contribution in [-0.4, -0.2) is 26.0 Å². The van der Waals surface area contributed by atoms with E-state index in [1.807, 2.05) is 36.6 Å². The van der Waals surface area contributed by atoms with Crippen molar-refractivity contribution in [2.24, 2.45) is 0 Å². The van der Waals surface area contributed by atoms with Gasteiger partial charge in [-0.3, -0.25) is 0 Å². The first-order valence-corrected chi connectivity index (χ1v) is 6.62. The Morgan fingerprint density at radius 2 is 1.94 bits per heavy atom. The van der Waals surface area contributed by atoms with Crippen molar-refractivity contribution in [3.63, 3.8) is 0 Å². The molecular weight excluding hydrogens is 246 g/mol. The highest BCUT2D eigenvalue weighted by atomic mass is 32.2. The Hall–Kier alpha value is -2.08. The number of aromatic nitrogens is 4. The zero-order chi connectivity index (χ0) is 12.5. The maximum Gasteiger partial charge on any atom is 0.169 e. The quantitative estimate of drug-likeness (QED) is 0.712. The van der Waals surface area contributed by atoms with Crippen LogP contribution in [0.4, 0.5) is 5.82 Å². The number of nitrogen functional groups attached to an aromatic ring is 1. The van der Waals surface area contributed by atoms with E-state index in [0.717, 1.165) is 21.7 Å². The SMILES string of the molecule is CSc1nn(-c2ccccc2)c2ncnc(N)c12. The average molecular weight is 257 g/mol. The second-order valence-electron chi connectivity index (χ2n) is 3.71. The van der Waals surface area contributed by atoms with Gasteiger partial charge < -0.3 is 5.73 Å². The fourth-order valence-electron chi connectivity index (χ4n) is 1.84. The standard InChI is InChI=1S/C12H11N5S/c1-18-12-9-10(13)14-7-15-11(9)17(16-12)8-5-3-2-4-6-8/h2-7H,1H3,(H2,13,14,15).